The van der Waals surface area contributed by atoms with Gasteiger partial charge in [-0.3, -0.25) is 4.79 Å². The molecule has 1 aromatic carbocycles. The van der Waals surface area contributed by atoms with Gasteiger partial charge in [-0.15, -0.1) is 11.3 Å². The van der Waals surface area contributed by atoms with Crippen LogP contribution in [-0.2, 0) is 0 Å². The van der Waals surface area contributed by atoms with Crippen molar-refractivity contribution in [1.82, 2.24) is 0 Å². The molecule has 0 amide bonds. The molecule has 0 saturated carbocycles. The van der Waals surface area contributed by atoms with Crippen LogP contribution in [-0.4, -0.2) is 19.9 Å². The number of anilines is 1. The third-order valence-electron chi connectivity index (χ3n) is 2.45. The van der Waals surface area contributed by atoms with Crippen LogP contribution in [0.5, 0.6) is 0 Å². The van der Waals surface area contributed by atoms with Crippen LogP contribution < -0.4 is 4.90 Å². The molecule has 0 unspecified atom stereocenters. The fourth-order valence-corrected chi connectivity index (χ4v) is 3.03. The van der Waals surface area contributed by atoms with Gasteiger partial charge in [0.25, 0.3) is 0 Å². The molecule has 0 spiro atoms. The van der Waals surface area contributed by atoms with Crippen LogP contribution in [0.2, 0.25) is 0 Å². The van der Waals surface area contributed by atoms with Crippen molar-refractivity contribution < 1.29 is 4.79 Å². The largest absolute Gasteiger partial charge is 0.378 e. The summed E-state index contributed by atoms with van der Waals surface area (Å²) < 4.78 is 0.864. The minimum absolute atomic E-state index is 0.0653. The molecule has 2 nitrogen and oxygen atoms in total. The predicted molar refractivity (Wildman–Crippen MR) is 76.2 cm³/mol. The number of thiophene rings is 1. The molecule has 1 heterocycles. The van der Waals surface area contributed by atoms with Gasteiger partial charge in [0.1, 0.15) is 0 Å². The molecule has 0 saturated heterocycles. The highest BCUT2D eigenvalue weighted by molar-refractivity contribution is 9.10. The van der Waals surface area contributed by atoms with Crippen LogP contribution in [0.4, 0.5) is 5.69 Å². The lowest BCUT2D eigenvalue weighted by Crippen LogP contribution is -2.09. The summed E-state index contributed by atoms with van der Waals surface area (Å²) in [5, 5.41) is 1.91. The molecule has 0 aliphatic carbocycles. The second kappa shape index (κ2) is 5.02. The summed E-state index contributed by atoms with van der Waals surface area (Å²) in [6, 6.07) is 9.55. The van der Waals surface area contributed by atoms with Crippen molar-refractivity contribution in [2.45, 2.75) is 0 Å². The molecule has 0 N–H and O–H groups in total. The Labute approximate surface area is 113 Å². The highest BCUT2D eigenvalue weighted by Crippen LogP contribution is 2.26. The molecule has 4 heteroatoms. The van der Waals surface area contributed by atoms with Gasteiger partial charge in [0, 0.05) is 29.8 Å². The summed E-state index contributed by atoms with van der Waals surface area (Å²) in [5.41, 5.74) is 1.75. The van der Waals surface area contributed by atoms with Crippen molar-refractivity contribution >= 4 is 38.7 Å². The minimum atomic E-state index is 0.0653. The highest BCUT2D eigenvalue weighted by Gasteiger charge is 2.14. The maximum atomic E-state index is 12.3. The lowest BCUT2D eigenvalue weighted by Gasteiger charge is -2.12. The van der Waals surface area contributed by atoms with E-state index in [0.29, 0.717) is 0 Å². The number of nitrogens with zero attached hydrogens (tertiary/aromatic N) is 1. The molecule has 0 fully saturated rings. The van der Waals surface area contributed by atoms with Gasteiger partial charge in [0.2, 0.25) is 5.78 Å². The van der Waals surface area contributed by atoms with Gasteiger partial charge in [-0.1, -0.05) is 12.1 Å². The van der Waals surface area contributed by atoms with Crippen molar-refractivity contribution in [1.29, 1.82) is 0 Å². The van der Waals surface area contributed by atoms with Crippen LogP contribution in [0.15, 0.2) is 40.2 Å². The second-order valence-corrected chi connectivity index (χ2v) is 5.64. The molecule has 2 aromatic rings. The van der Waals surface area contributed by atoms with E-state index in [9.17, 15) is 4.79 Å². The van der Waals surface area contributed by atoms with Crippen LogP contribution in [0.3, 0.4) is 0 Å². The quantitative estimate of drug-likeness (QED) is 0.804. The van der Waals surface area contributed by atoms with E-state index in [0.717, 1.165) is 20.6 Å². The molecule has 1 aromatic heterocycles. The Hall–Kier alpha value is -1.13. The molecule has 88 valence electrons. The van der Waals surface area contributed by atoms with E-state index in [2.05, 4.69) is 15.9 Å². The van der Waals surface area contributed by atoms with Crippen molar-refractivity contribution in [2.75, 3.05) is 19.0 Å². The topological polar surface area (TPSA) is 20.3 Å². The third-order valence-corrected chi connectivity index (χ3v) is 4.28. The molecule has 0 bridgehead atoms. The van der Waals surface area contributed by atoms with Crippen LogP contribution in [0, 0.1) is 0 Å². The van der Waals surface area contributed by atoms with Gasteiger partial charge in [-0.25, -0.2) is 0 Å². The van der Waals surface area contributed by atoms with Gasteiger partial charge in [0.05, 0.1) is 4.88 Å². The first-order valence-corrected chi connectivity index (χ1v) is 6.82. The van der Waals surface area contributed by atoms with E-state index < -0.39 is 0 Å². The number of halogens is 1. The Kier molecular flexibility index (Phi) is 3.64. The molecule has 0 aliphatic heterocycles. The monoisotopic (exact) mass is 309 g/mol. The van der Waals surface area contributed by atoms with E-state index in [1.807, 2.05) is 54.7 Å². The standard InChI is InChI=1S/C13H12BrNOS/c1-15(2)10-5-3-4-9(8-10)12(16)13-11(14)6-7-17-13/h3-8H,1-2H3. The predicted octanol–water partition coefficient (Wildman–Crippen LogP) is 3.81. The number of carbonyl (C=O) groups excluding carboxylic acids is 1. The SMILES string of the molecule is CN(C)c1cccc(C(=O)c2sccc2Br)c1. The van der Waals surface area contributed by atoms with Crippen LogP contribution in [0.25, 0.3) is 0 Å². The molecule has 2 rings (SSSR count). The van der Waals surface area contributed by atoms with E-state index in [-0.39, 0.29) is 5.78 Å². The van der Waals surface area contributed by atoms with Gasteiger partial charge in [-0.05, 0) is 39.5 Å². The molecule has 0 atom stereocenters. The zero-order valence-corrected chi connectivity index (χ0v) is 12.0. The number of hydrogen-bond acceptors (Lipinski definition) is 3. The fourth-order valence-electron chi connectivity index (χ4n) is 1.51. The summed E-state index contributed by atoms with van der Waals surface area (Å²) in [7, 11) is 3.93. The van der Waals surface area contributed by atoms with Gasteiger partial charge in [-0.2, -0.15) is 0 Å². The summed E-state index contributed by atoms with van der Waals surface area (Å²) in [4.78, 5) is 15.0. The molecule has 0 aliphatic rings. The molecule has 17 heavy (non-hydrogen) atoms. The van der Waals surface area contributed by atoms with E-state index in [1.165, 1.54) is 11.3 Å². The van der Waals surface area contributed by atoms with Crippen molar-refractivity contribution in [3.8, 4) is 0 Å². The van der Waals surface area contributed by atoms with Crippen molar-refractivity contribution in [2.24, 2.45) is 0 Å². The van der Waals surface area contributed by atoms with Crippen LogP contribution in [0.1, 0.15) is 15.2 Å². The first-order valence-electron chi connectivity index (χ1n) is 5.14. The number of rotatable bonds is 3. The van der Waals surface area contributed by atoms with Gasteiger partial charge < -0.3 is 4.90 Å². The zero-order chi connectivity index (χ0) is 12.4. The maximum absolute atomic E-state index is 12.3. The summed E-state index contributed by atoms with van der Waals surface area (Å²) in [6.07, 6.45) is 0. The Morgan fingerprint density at radius 1 is 1.29 bits per heavy atom. The maximum Gasteiger partial charge on any atom is 0.204 e. The van der Waals surface area contributed by atoms with Crippen molar-refractivity contribution in [3.63, 3.8) is 0 Å². The smallest absolute Gasteiger partial charge is 0.204 e. The summed E-state index contributed by atoms with van der Waals surface area (Å²) in [6.45, 7) is 0. The fraction of sp³-hybridized carbons (Fsp3) is 0.154. The second-order valence-electron chi connectivity index (χ2n) is 3.87. The first kappa shape index (κ1) is 12.3. The number of benzene rings is 1. The van der Waals surface area contributed by atoms with E-state index in [4.69, 9.17) is 0 Å². The third kappa shape index (κ3) is 2.58. The molecular formula is C13H12BrNOS. The van der Waals surface area contributed by atoms with E-state index >= 15 is 0 Å². The molecule has 0 radical (unpaired) electrons. The summed E-state index contributed by atoms with van der Waals surface area (Å²) in [5.74, 6) is 0.0653. The number of ketones is 1. The minimum Gasteiger partial charge on any atom is -0.378 e. The lowest BCUT2D eigenvalue weighted by molar-refractivity contribution is 0.104. The average Bonchev–Trinajstić information content (AvgIpc) is 2.74. The zero-order valence-electron chi connectivity index (χ0n) is 9.61. The van der Waals surface area contributed by atoms with Gasteiger partial charge in [0.15, 0.2) is 0 Å². The number of hydrogen-bond donors (Lipinski definition) is 0. The van der Waals surface area contributed by atoms with Gasteiger partial charge >= 0.3 is 0 Å². The van der Waals surface area contributed by atoms with E-state index in [1.54, 1.807) is 0 Å². The Bertz CT molecular complexity index is 548. The normalized spacial score (nSPS) is 10.3. The first-order chi connectivity index (χ1) is 8.09. The van der Waals surface area contributed by atoms with Crippen LogP contribution >= 0.6 is 27.3 Å². The molecular weight excluding hydrogens is 298 g/mol. The Balaban J connectivity index is 2.38. The lowest BCUT2D eigenvalue weighted by atomic mass is 10.1. The van der Waals surface area contributed by atoms with Crippen molar-refractivity contribution in [3.05, 3.63) is 50.6 Å². The Morgan fingerprint density at radius 3 is 2.65 bits per heavy atom. The Morgan fingerprint density at radius 2 is 2.06 bits per heavy atom. The summed E-state index contributed by atoms with van der Waals surface area (Å²) >= 11 is 4.85. The average molecular weight is 310 g/mol. The highest BCUT2D eigenvalue weighted by atomic mass is 79.9. The number of carbonyl (C=O) groups is 1.